The van der Waals surface area contributed by atoms with E-state index >= 15 is 0 Å². The highest BCUT2D eigenvalue weighted by molar-refractivity contribution is 5.73. The number of nitrogens with zero attached hydrogens (tertiary/aromatic N) is 1. The Bertz CT molecular complexity index is 549. The van der Waals surface area contributed by atoms with Crippen LogP contribution in [0.1, 0.15) is 36.8 Å². The van der Waals surface area contributed by atoms with Crippen LogP contribution in [0.2, 0.25) is 0 Å². The van der Waals surface area contributed by atoms with Gasteiger partial charge in [-0.05, 0) is 50.2 Å². The SMILES string of the molecule is CO[C@@H]1C[C@H]2CN(Cc3cc(C)c(C)o3)C[C@H]2C[C@H]1NC(C)=O. The quantitative estimate of drug-likeness (QED) is 0.924. The number of carbonyl (C=O) groups is 1. The summed E-state index contributed by atoms with van der Waals surface area (Å²) in [4.78, 5) is 13.9. The number of carbonyl (C=O) groups excluding carboxylic acids is 1. The zero-order chi connectivity index (χ0) is 16.6. The van der Waals surface area contributed by atoms with Crippen molar-refractivity contribution in [2.45, 2.75) is 52.3 Å². The smallest absolute Gasteiger partial charge is 0.217 e. The van der Waals surface area contributed by atoms with Crippen LogP contribution in [0.15, 0.2) is 10.5 Å². The van der Waals surface area contributed by atoms with Crippen LogP contribution >= 0.6 is 0 Å². The maximum Gasteiger partial charge on any atom is 0.217 e. The maximum absolute atomic E-state index is 11.4. The van der Waals surface area contributed by atoms with Crippen LogP contribution < -0.4 is 5.32 Å². The average Bonchev–Trinajstić information content (AvgIpc) is 3.00. The fraction of sp³-hybridized carbons (Fsp3) is 0.722. The number of methoxy groups -OCH3 is 1. The Kier molecular flexibility index (Phi) is 4.78. The molecule has 0 bridgehead atoms. The molecule has 0 radical (unpaired) electrons. The van der Waals surface area contributed by atoms with Gasteiger partial charge in [0.25, 0.3) is 0 Å². The third-order valence-electron chi connectivity index (χ3n) is 5.48. The standard InChI is InChI=1S/C18H28N2O3/c1-11-5-16(23-12(11)2)10-20-8-14-6-17(19-13(3)21)18(22-4)7-15(14)9-20/h5,14-15,17-18H,6-10H2,1-4H3,(H,19,21)/t14-,15+,17-,18-/m1/s1. The van der Waals surface area contributed by atoms with Gasteiger partial charge in [-0.15, -0.1) is 0 Å². The molecule has 0 aromatic carbocycles. The number of hydrogen-bond donors (Lipinski definition) is 1. The second kappa shape index (κ2) is 6.65. The van der Waals surface area contributed by atoms with E-state index in [4.69, 9.17) is 9.15 Å². The Morgan fingerprint density at radius 3 is 2.61 bits per heavy atom. The molecule has 1 saturated heterocycles. The third-order valence-corrected chi connectivity index (χ3v) is 5.48. The summed E-state index contributed by atoms with van der Waals surface area (Å²) in [6, 6.07) is 2.29. The van der Waals surface area contributed by atoms with E-state index in [1.807, 2.05) is 6.92 Å². The molecule has 5 heteroatoms. The number of rotatable bonds is 4. The van der Waals surface area contributed by atoms with Crippen molar-refractivity contribution >= 4 is 5.91 Å². The van der Waals surface area contributed by atoms with Gasteiger partial charge in [0.15, 0.2) is 0 Å². The molecule has 4 atom stereocenters. The molecule has 1 aliphatic carbocycles. The number of ether oxygens (including phenoxy) is 1. The van der Waals surface area contributed by atoms with Crippen molar-refractivity contribution in [3.63, 3.8) is 0 Å². The normalized spacial score (nSPS) is 31.1. The Balaban J connectivity index is 1.62. The summed E-state index contributed by atoms with van der Waals surface area (Å²) < 4.78 is 11.5. The molecule has 128 valence electrons. The first-order chi connectivity index (χ1) is 11.0. The Labute approximate surface area is 138 Å². The van der Waals surface area contributed by atoms with Gasteiger partial charge in [-0.25, -0.2) is 0 Å². The monoisotopic (exact) mass is 320 g/mol. The minimum atomic E-state index is 0.0342. The van der Waals surface area contributed by atoms with Crippen LogP contribution in [0.3, 0.4) is 0 Å². The van der Waals surface area contributed by atoms with E-state index in [1.165, 1.54) is 5.56 Å². The fourth-order valence-electron chi connectivity index (χ4n) is 4.26. The molecule has 1 amide bonds. The van der Waals surface area contributed by atoms with E-state index < -0.39 is 0 Å². The van der Waals surface area contributed by atoms with Crippen LogP contribution in [0.25, 0.3) is 0 Å². The second-order valence-corrected chi connectivity index (χ2v) is 7.22. The molecule has 1 aromatic heterocycles. The molecule has 5 nitrogen and oxygen atoms in total. The number of aryl methyl sites for hydroxylation is 2. The van der Waals surface area contributed by atoms with Crippen LogP contribution in [0, 0.1) is 25.7 Å². The minimum Gasteiger partial charge on any atom is -0.465 e. The van der Waals surface area contributed by atoms with Crippen molar-refractivity contribution in [3.05, 3.63) is 23.2 Å². The van der Waals surface area contributed by atoms with Crippen molar-refractivity contribution in [1.82, 2.24) is 10.2 Å². The van der Waals surface area contributed by atoms with Gasteiger partial charge in [0.1, 0.15) is 11.5 Å². The molecular formula is C18H28N2O3. The van der Waals surface area contributed by atoms with Gasteiger partial charge >= 0.3 is 0 Å². The number of likely N-dealkylation sites (tertiary alicyclic amines) is 1. The van der Waals surface area contributed by atoms with Gasteiger partial charge in [-0.3, -0.25) is 9.69 Å². The van der Waals surface area contributed by atoms with E-state index in [0.717, 1.165) is 44.0 Å². The maximum atomic E-state index is 11.4. The number of hydrogen-bond acceptors (Lipinski definition) is 4. The van der Waals surface area contributed by atoms with Gasteiger partial charge in [-0.1, -0.05) is 0 Å². The highest BCUT2D eigenvalue weighted by Crippen LogP contribution is 2.38. The van der Waals surface area contributed by atoms with Gasteiger partial charge in [0.2, 0.25) is 5.91 Å². The molecule has 0 unspecified atom stereocenters. The highest BCUT2D eigenvalue weighted by atomic mass is 16.5. The van der Waals surface area contributed by atoms with Crippen LogP contribution in [-0.4, -0.2) is 43.2 Å². The third kappa shape index (κ3) is 3.61. The minimum absolute atomic E-state index is 0.0342. The van der Waals surface area contributed by atoms with E-state index in [9.17, 15) is 4.79 Å². The summed E-state index contributed by atoms with van der Waals surface area (Å²) in [5.74, 6) is 3.39. The Morgan fingerprint density at radius 1 is 1.35 bits per heavy atom. The molecule has 1 N–H and O–H groups in total. The van der Waals surface area contributed by atoms with E-state index in [1.54, 1.807) is 14.0 Å². The predicted octanol–water partition coefficient (Wildman–Crippen LogP) is 2.26. The van der Waals surface area contributed by atoms with Crippen LogP contribution in [-0.2, 0) is 16.1 Å². The van der Waals surface area contributed by atoms with Crippen molar-refractivity contribution in [2.24, 2.45) is 11.8 Å². The lowest BCUT2D eigenvalue weighted by molar-refractivity contribution is -0.121. The highest BCUT2D eigenvalue weighted by Gasteiger charge is 2.42. The van der Waals surface area contributed by atoms with Crippen LogP contribution in [0.4, 0.5) is 0 Å². The first-order valence-corrected chi connectivity index (χ1v) is 8.54. The van der Waals surface area contributed by atoms with E-state index in [-0.39, 0.29) is 18.1 Å². The van der Waals surface area contributed by atoms with Crippen molar-refractivity contribution < 1.29 is 13.9 Å². The number of fused-ring (bicyclic) bond motifs is 1. The Morgan fingerprint density at radius 2 is 2.04 bits per heavy atom. The summed E-state index contributed by atoms with van der Waals surface area (Å²) in [7, 11) is 1.75. The van der Waals surface area contributed by atoms with E-state index in [2.05, 4.69) is 23.2 Å². The summed E-state index contributed by atoms with van der Waals surface area (Å²) in [5.41, 5.74) is 1.22. The van der Waals surface area contributed by atoms with Crippen LogP contribution in [0.5, 0.6) is 0 Å². The lowest BCUT2D eigenvalue weighted by Gasteiger charge is -2.37. The number of furan rings is 1. The zero-order valence-electron chi connectivity index (χ0n) is 14.6. The summed E-state index contributed by atoms with van der Waals surface area (Å²) in [5, 5.41) is 3.07. The topological polar surface area (TPSA) is 54.7 Å². The first-order valence-electron chi connectivity index (χ1n) is 8.54. The summed E-state index contributed by atoms with van der Waals surface area (Å²) in [6.45, 7) is 8.74. The molecule has 2 heterocycles. The number of nitrogens with one attached hydrogen (secondary N) is 1. The van der Waals surface area contributed by atoms with Gasteiger partial charge < -0.3 is 14.5 Å². The van der Waals surface area contributed by atoms with Crippen molar-refractivity contribution in [1.29, 1.82) is 0 Å². The molecule has 1 saturated carbocycles. The van der Waals surface area contributed by atoms with Gasteiger partial charge in [0.05, 0.1) is 18.7 Å². The largest absolute Gasteiger partial charge is 0.465 e. The van der Waals surface area contributed by atoms with Gasteiger partial charge in [0, 0.05) is 27.1 Å². The Hall–Kier alpha value is -1.33. The predicted molar refractivity (Wildman–Crippen MR) is 88.1 cm³/mol. The first kappa shape index (κ1) is 16.5. The molecule has 0 spiro atoms. The molecule has 2 aliphatic rings. The molecule has 23 heavy (non-hydrogen) atoms. The average molecular weight is 320 g/mol. The van der Waals surface area contributed by atoms with E-state index in [0.29, 0.717) is 11.8 Å². The molecule has 2 fully saturated rings. The summed E-state index contributed by atoms with van der Waals surface area (Å²) in [6.07, 6.45) is 2.17. The summed E-state index contributed by atoms with van der Waals surface area (Å²) >= 11 is 0. The molecular weight excluding hydrogens is 292 g/mol. The molecule has 3 rings (SSSR count). The van der Waals surface area contributed by atoms with Gasteiger partial charge in [-0.2, -0.15) is 0 Å². The second-order valence-electron chi connectivity index (χ2n) is 7.22. The van der Waals surface area contributed by atoms with Crippen molar-refractivity contribution in [2.75, 3.05) is 20.2 Å². The number of amides is 1. The lowest BCUT2D eigenvalue weighted by Crippen LogP contribution is -2.49. The fourth-order valence-corrected chi connectivity index (χ4v) is 4.26. The molecule has 1 aliphatic heterocycles. The van der Waals surface area contributed by atoms with Crippen molar-refractivity contribution in [3.8, 4) is 0 Å². The zero-order valence-corrected chi connectivity index (χ0v) is 14.6. The lowest BCUT2D eigenvalue weighted by atomic mass is 9.77. The molecule has 1 aromatic rings.